The molecule has 8 nitrogen and oxygen atoms in total. The first-order chi connectivity index (χ1) is 9.02. The molecule has 1 amide bonds. The number of nitrogen functional groups attached to an aromatic ring is 1. The standard InChI is InChI=1S/C11H17N7O/c1-6(10(19)13-2)5-18(3)9-7-4-14-17-8(7)15-11(12)16-9/h4,6H,5H2,1-3H3,(H,13,19)(H3,12,14,15,16,17). The van der Waals surface area contributed by atoms with Crippen LogP contribution in [-0.4, -0.2) is 46.7 Å². The van der Waals surface area contributed by atoms with E-state index in [0.717, 1.165) is 5.39 Å². The largest absolute Gasteiger partial charge is 0.368 e. The van der Waals surface area contributed by atoms with E-state index in [0.29, 0.717) is 18.0 Å². The van der Waals surface area contributed by atoms with Crippen LogP contribution in [0.5, 0.6) is 0 Å². The molecule has 1 unspecified atom stereocenters. The molecule has 4 N–H and O–H groups in total. The van der Waals surface area contributed by atoms with Gasteiger partial charge < -0.3 is 16.0 Å². The number of hydrogen-bond donors (Lipinski definition) is 3. The minimum Gasteiger partial charge on any atom is -0.368 e. The van der Waals surface area contributed by atoms with Crippen LogP contribution in [0.4, 0.5) is 11.8 Å². The second-order valence-electron chi connectivity index (χ2n) is 4.43. The van der Waals surface area contributed by atoms with E-state index < -0.39 is 0 Å². The average molecular weight is 263 g/mol. The van der Waals surface area contributed by atoms with Crippen molar-refractivity contribution in [2.24, 2.45) is 5.92 Å². The number of rotatable bonds is 4. The van der Waals surface area contributed by atoms with Crippen LogP contribution in [0.1, 0.15) is 6.92 Å². The number of H-pyrrole nitrogens is 1. The Morgan fingerprint density at radius 1 is 1.58 bits per heavy atom. The molecule has 19 heavy (non-hydrogen) atoms. The van der Waals surface area contributed by atoms with Crippen molar-refractivity contribution in [1.29, 1.82) is 0 Å². The zero-order valence-corrected chi connectivity index (χ0v) is 11.1. The summed E-state index contributed by atoms with van der Waals surface area (Å²) in [5.41, 5.74) is 6.25. The average Bonchev–Trinajstić information content (AvgIpc) is 2.84. The molecule has 0 aliphatic carbocycles. The summed E-state index contributed by atoms with van der Waals surface area (Å²) in [5.74, 6) is 0.656. The fraction of sp³-hybridized carbons (Fsp3) is 0.455. The highest BCUT2D eigenvalue weighted by molar-refractivity contribution is 5.87. The normalized spacial score (nSPS) is 12.4. The van der Waals surface area contributed by atoms with Crippen LogP contribution >= 0.6 is 0 Å². The number of carbonyl (C=O) groups is 1. The molecule has 0 spiro atoms. The minimum atomic E-state index is -0.159. The third-order valence-electron chi connectivity index (χ3n) is 2.91. The van der Waals surface area contributed by atoms with E-state index in [9.17, 15) is 4.79 Å². The molecular formula is C11H17N7O. The molecule has 0 aliphatic heterocycles. The van der Waals surface area contributed by atoms with Crippen molar-refractivity contribution in [2.45, 2.75) is 6.92 Å². The number of hydrogen-bond acceptors (Lipinski definition) is 6. The Balaban J connectivity index is 2.28. The lowest BCUT2D eigenvalue weighted by atomic mass is 10.1. The maximum atomic E-state index is 11.5. The smallest absolute Gasteiger partial charge is 0.224 e. The van der Waals surface area contributed by atoms with Crippen LogP contribution in [0, 0.1) is 5.92 Å². The molecule has 2 heterocycles. The van der Waals surface area contributed by atoms with Crippen molar-refractivity contribution >= 4 is 28.7 Å². The first-order valence-electron chi connectivity index (χ1n) is 5.92. The molecule has 8 heteroatoms. The summed E-state index contributed by atoms with van der Waals surface area (Å²) in [6.45, 7) is 2.38. The van der Waals surface area contributed by atoms with Crippen LogP contribution in [0.3, 0.4) is 0 Å². The topological polar surface area (TPSA) is 113 Å². The summed E-state index contributed by atoms with van der Waals surface area (Å²) in [5, 5.41) is 10.1. The Bertz CT molecular complexity index is 594. The van der Waals surface area contributed by atoms with E-state index >= 15 is 0 Å². The van der Waals surface area contributed by atoms with Gasteiger partial charge in [0.2, 0.25) is 11.9 Å². The molecule has 2 aromatic rings. The maximum absolute atomic E-state index is 11.5. The molecule has 102 valence electrons. The van der Waals surface area contributed by atoms with E-state index in [1.807, 2.05) is 18.9 Å². The Kier molecular flexibility index (Phi) is 3.50. The first kappa shape index (κ1) is 13.1. The van der Waals surface area contributed by atoms with Crippen molar-refractivity contribution in [3.63, 3.8) is 0 Å². The fourth-order valence-corrected chi connectivity index (χ4v) is 1.95. The number of nitrogens with one attached hydrogen (secondary N) is 2. The number of nitrogens with two attached hydrogens (primary N) is 1. The van der Waals surface area contributed by atoms with Gasteiger partial charge in [0.15, 0.2) is 5.65 Å². The molecule has 1 atom stereocenters. The number of amides is 1. The highest BCUT2D eigenvalue weighted by Gasteiger charge is 2.17. The molecule has 0 fully saturated rings. The summed E-state index contributed by atoms with van der Waals surface area (Å²) in [4.78, 5) is 21.7. The quantitative estimate of drug-likeness (QED) is 0.701. The predicted octanol–water partition coefficient (Wildman–Crippen LogP) is -0.247. The van der Waals surface area contributed by atoms with Gasteiger partial charge in [-0.25, -0.2) is 0 Å². The van der Waals surface area contributed by atoms with Gasteiger partial charge in [0.1, 0.15) is 5.82 Å². The van der Waals surface area contributed by atoms with Gasteiger partial charge in [-0.2, -0.15) is 15.1 Å². The van der Waals surface area contributed by atoms with Crippen LogP contribution in [0.25, 0.3) is 11.0 Å². The van der Waals surface area contributed by atoms with Gasteiger partial charge in [0.25, 0.3) is 0 Å². The van der Waals surface area contributed by atoms with Crippen molar-refractivity contribution in [1.82, 2.24) is 25.5 Å². The summed E-state index contributed by atoms with van der Waals surface area (Å²) in [7, 11) is 3.48. The third-order valence-corrected chi connectivity index (χ3v) is 2.91. The van der Waals surface area contributed by atoms with Gasteiger partial charge in [0.05, 0.1) is 17.5 Å². The molecule has 0 bridgehead atoms. The highest BCUT2D eigenvalue weighted by atomic mass is 16.1. The molecular weight excluding hydrogens is 246 g/mol. The predicted molar refractivity (Wildman–Crippen MR) is 72.6 cm³/mol. The van der Waals surface area contributed by atoms with Gasteiger partial charge in [-0.3, -0.25) is 9.89 Å². The fourth-order valence-electron chi connectivity index (χ4n) is 1.95. The number of carbonyl (C=O) groups excluding carboxylic acids is 1. The second-order valence-corrected chi connectivity index (χ2v) is 4.43. The lowest BCUT2D eigenvalue weighted by molar-refractivity contribution is -0.123. The lowest BCUT2D eigenvalue weighted by Crippen LogP contribution is -2.34. The van der Waals surface area contributed by atoms with Gasteiger partial charge >= 0.3 is 0 Å². The van der Waals surface area contributed by atoms with Crippen molar-refractivity contribution in [2.75, 3.05) is 31.3 Å². The number of nitrogens with zero attached hydrogens (tertiary/aromatic N) is 4. The van der Waals surface area contributed by atoms with E-state index in [-0.39, 0.29) is 17.8 Å². The lowest BCUT2D eigenvalue weighted by Gasteiger charge is -2.22. The molecule has 0 aromatic carbocycles. The number of anilines is 2. The number of fused-ring (bicyclic) bond motifs is 1. The van der Waals surface area contributed by atoms with Gasteiger partial charge in [-0.15, -0.1) is 0 Å². The summed E-state index contributed by atoms with van der Waals surface area (Å²) < 4.78 is 0. The number of aromatic amines is 1. The van der Waals surface area contributed by atoms with Crippen LogP contribution in [0.2, 0.25) is 0 Å². The summed E-state index contributed by atoms with van der Waals surface area (Å²) in [6.07, 6.45) is 1.64. The highest BCUT2D eigenvalue weighted by Crippen LogP contribution is 2.22. The van der Waals surface area contributed by atoms with Gasteiger partial charge in [0, 0.05) is 20.6 Å². The summed E-state index contributed by atoms with van der Waals surface area (Å²) >= 11 is 0. The van der Waals surface area contributed by atoms with Crippen LogP contribution in [0.15, 0.2) is 6.20 Å². The molecule has 2 rings (SSSR count). The van der Waals surface area contributed by atoms with Crippen LogP contribution in [-0.2, 0) is 4.79 Å². The van der Waals surface area contributed by atoms with Crippen molar-refractivity contribution in [3.05, 3.63) is 6.20 Å². The maximum Gasteiger partial charge on any atom is 0.224 e. The van der Waals surface area contributed by atoms with E-state index in [2.05, 4.69) is 25.5 Å². The Labute approximate surface area is 110 Å². The SMILES string of the molecule is CNC(=O)C(C)CN(C)c1nc(N)nc2[nH]ncc12. The Hall–Kier alpha value is -2.38. The molecule has 0 radical (unpaired) electrons. The minimum absolute atomic E-state index is 0.0164. The second kappa shape index (κ2) is 5.09. The molecule has 0 saturated carbocycles. The van der Waals surface area contributed by atoms with Gasteiger partial charge in [-0.1, -0.05) is 6.92 Å². The van der Waals surface area contributed by atoms with Crippen molar-refractivity contribution < 1.29 is 4.79 Å². The first-order valence-corrected chi connectivity index (χ1v) is 5.92. The Morgan fingerprint density at radius 2 is 2.32 bits per heavy atom. The zero-order chi connectivity index (χ0) is 14.0. The summed E-state index contributed by atoms with van der Waals surface area (Å²) in [6, 6.07) is 0. The zero-order valence-electron chi connectivity index (χ0n) is 11.1. The van der Waals surface area contributed by atoms with Gasteiger partial charge in [-0.05, 0) is 0 Å². The monoisotopic (exact) mass is 263 g/mol. The Morgan fingerprint density at radius 3 is 3.00 bits per heavy atom. The van der Waals surface area contributed by atoms with E-state index in [1.54, 1.807) is 13.2 Å². The van der Waals surface area contributed by atoms with Crippen LogP contribution < -0.4 is 16.0 Å². The molecule has 0 saturated heterocycles. The number of aromatic nitrogens is 4. The third kappa shape index (κ3) is 2.56. The molecule has 2 aromatic heterocycles. The van der Waals surface area contributed by atoms with E-state index in [1.165, 1.54) is 0 Å². The van der Waals surface area contributed by atoms with Crippen molar-refractivity contribution in [3.8, 4) is 0 Å². The molecule has 0 aliphatic rings. The van der Waals surface area contributed by atoms with E-state index in [4.69, 9.17) is 5.73 Å².